The van der Waals surface area contributed by atoms with Crippen molar-refractivity contribution >= 4 is 17.5 Å². The van der Waals surface area contributed by atoms with Gasteiger partial charge in [-0.25, -0.2) is 0 Å². The molecule has 3 aliphatic rings. The third-order valence-corrected chi connectivity index (χ3v) is 9.12. The van der Waals surface area contributed by atoms with Crippen LogP contribution in [0.5, 0.6) is 0 Å². The fourth-order valence-corrected chi connectivity index (χ4v) is 7.20. The van der Waals surface area contributed by atoms with E-state index >= 15 is 0 Å². The molecule has 6 heteroatoms. The van der Waals surface area contributed by atoms with Gasteiger partial charge in [0.15, 0.2) is 0 Å². The maximum absolute atomic E-state index is 13.3. The van der Waals surface area contributed by atoms with Gasteiger partial charge in [0.1, 0.15) is 0 Å². The lowest BCUT2D eigenvalue weighted by Crippen LogP contribution is -2.46. The van der Waals surface area contributed by atoms with Crippen LogP contribution in [0.1, 0.15) is 120 Å². The zero-order valence-corrected chi connectivity index (χ0v) is 25.1. The van der Waals surface area contributed by atoms with Crippen molar-refractivity contribution in [1.29, 1.82) is 0 Å². The van der Waals surface area contributed by atoms with Gasteiger partial charge >= 0.3 is 0 Å². The Hall–Kier alpha value is -1.92. The molecule has 0 aromatic heterocycles. The number of carbonyl (C=O) groups excluding carboxylic acids is 2. The van der Waals surface area contributed by atoms with Gasteiger partial charge in [-0.05, 0) is 87.7 Å². The number of nitrogens with one attached hydrogen (secondary N) is 1. The first-order chi connectivity index (χ1) is 18.9. The summed E-state index contributed by atoms with van der Waals surface area (Å²) < 4.78 is 0. The highest BCUT2D eigenvalue weighted by Gasteiger charge is 2.30. The molecule has 39 heavy (non-hydrogen) atoms. The number of hydrogen-bond donors (Lipinski definition) is 1. The summed E-state index contributed by atoms with van der Waals surface area (Å²) in [5.41, 5.74) is 2.78. The molecule has 1 atom stereocenters. The molecule has 218 valence electrons. The van der Waals surface area contributed by atoms with E-state index in [1.54, 1.807) is 6.92 Å². The molecule has 1 saturated carbocycles. The highest BCUT2D eigenvalue weighted by atomic mass is 16.2. The van der Waals surface area contributed by atoms with Crippen molar-refractivity contribution in [2.75, 3.05) is 37.6 Å². The third-order valence-electron chi connectivity index (χ3n) is 9.12. The van der Waals surface area contributed by atoms with Crippen LogP contribution < -0.4 is 10.2 Å². The second kappa shape index (κ2) is 15.2. The minimum atomic E-state index is 0.0110. The number of piperidine rings is 1. The molecule has 0 radical (unpaired) electrons. The van der Waals surface area contributed by atoms with Crippen molar-refractivity contribution in [3.8, 4) is 0 Å². The van der Waals surface area contributed by atoms with E-state index < -0.39 is 0 Å². The molecule has 1 aromatic rings. The number of amides is 2. The summed E-state index contributed by atoms with van der Waals surface area (Å²) in [6.07, 6.45) is 16.2. The molecule has 1 saturated heterocycles. The summed E-state index contributed by atoms with van der Waals surface area (Å²) in [5, 5.41) is 3.25. The first-order valence-corrected chi connectivity index (χ1v) is 16.1. The summed E-state index contributed by atoms with van der Waals surface area (Å²) in [5.74, 6) is 0.664. The Morgan fingerprint density at radius 1 is 0.897 bits per heavy atom. The van der Waals surface area contributed by atoms with E-state index in [1.807, 2.05) is 17.0 Å². The smallest absolute Gasteiger partial charge is 0.251 e. The Morgan fingerprint density at radius 3 is 2.33 bits per heavy atom. The average molecular weight is 539 g/mol. The standard InChI is InChI=1S/C33H54N4O2/c1-26(2)24-35-20-10-5-4-6-11-21-36(27(3)38)32-17-16-28(23-29(32)25-35)33(39)34-19-18-31-15-9-12-22-37(31)30-13-7-8-14-30/h16-17,23,26,30-31H,4-15,18-22,24-25H2,1-3H3,(H,34,39). The minimum Gasteiger partial charge on any atom is -0.352 e. The Labute approximate surface area is 237 Å². The highest BCUT2D eigenvalue weighted by molar-refractivity contribution is 5.97. The second-order valence-electron chi connectivity index (χ2n) is 12.8. The van der Waals surface area contributed by atoms with E-state index in [-0.39, 0.29) is 11.8 Å². The molecule has 1 aliphatic carbocycles. The number of hydrogen-bond acceptors (Lipinski definition) is 4. The van der Waals surface area contributed by atoms with Crippen LogP contribution >= 0.6 is 0 Å². The molecule has 1 aromatic carbocycles. The summed E-state index contributed by atoms with van der Waals surface area (Å²) in [4.78, 5) is 33.3. The topological polar surface area (TPSA) is 55.9 Å². The molecule has 0 spiro atoms. The predicted octanol–water partition coefficient (Wildman–Crippen LogP) is 6.38. The van der Waals surface area contributed by atoms with Gasteiger partial charge < -0.3 is 10.2 Å². The molecular formula is C33H54N4O2. The Balaban J connectivity index is 1.46. The van der Waals surface area contributed by atoms with Crippen molar-refractivity contribution in [3.63, 3.8) is 0 Å². The minimum absolute atomic E-state index is 0.0110. The fourth-order valence-electron chi connectivity index (χ4n) is 7.20. The van der Waals surface area contributed by atoms with Crippen molar-refractivity contribution in [2.24, 2.45) is 5.92 Å². The van der Waals surface area contributed by atoms with Gasteiger partial charge in [-0.3, -0.25) is 19.4 Å². The Bertz CT molecular complexity index is 926. The number of benzene rings is 1. The number of anilines is 1. The van der Waals surface area contributed by atoms with Gasteiger partial charge in [0, 0.05) is 56.4 Å². The van der Waals surface area contributed by atoms with Crippen molar-refractivity contribution in [2.45, 2.75) is 123 Å². The number of fused-ring (bicyclic) bond motifs is 1. The molecule has 0 bridgehead atoms. The van der Waals surface area contributed by atoms with Crippen LogP contribution in [0, 0.1) is 5.92 Å². The molecule has 1 N–H and O–H groups in total. The number of rotatable bonds is 7. The van der Waals surface area contributed by atoms with Crippen LogP contribution in [0.25, 0.3) is 0 Å². The highest BCUT2D eigenvalue weighted by Crippen LogP contribution is 2.31. The fraction of sp³-hybridized carbons (Fsp3) is 0.758. The third kappa shape index (κ3) is 8.78. The number of likely N-dealkylation sites (tertiary alicyclic amines) is 1. The molecule has 2 aliphatic heterocycles. The van der Waals surface area contributed by atoms with Gasteiger partial charge in [-0.2, -0.15) is 0 Å². The normalized spacial score (nSPS) is 22.8. The van der Waals surface area contributed by atoms with E-state index in [1.165, 1.54) is 70.8 Å². The summed E-state index contributed by atoms with van der Waals surface area (Å²) in [6.45, 7) is 11.8. The molecule has 2 heterocycles. The first kappa shape index (κ1) is 30.0. The lowest BCUT2D eigenvalue weighted by atomic mass is 9.96. The van der Waals surface area contributed by atoms with Crippen molar-refractivity contribution in [1.82, 2.24) is 15.1 Å². The molecule has 2 amide bonds. The monoisotopic (exact) mass is 538 g/mol. The van der Waals surface area contributed by atoms with Gasteiger partial charge in [0.05, 0.1) is 0 Å². The second-order valence-corrected chi connectivity index (χ2v) is 12.8. The summed E-state index contributed by atoms with van der Waals surface area (Å²) in [7, 11) is 0. The Kier molecular flexibility index (Phi) is 11.7. The Morgan fingerprint density at radius 2 is 1.59 bits per heavy atom. The molecule has 2 fully saturated rings. The van der Waals surface area contributed by atoms with Gasteiger partial charge in [0.2, 0.25) is 5.91 Å². The zero-order valence-electron chi connectivity index (χ0n) is 25.1. The molecule has 6 nitrogen and oxygen atoms in total. The SMILES string of the molecule is CC(=O)N1CCCCCCCN(CC(C)C)Cc2cc(C(=O)NCCC3CCCCN3C3CCCC3)ccc21. The van der Waals surface area contributed by atoms with Crippen LogP contribution in [0.4, 0.5) is 5.69 Å². The van der Waals surface area contributed by atoms with Gasteiger partial charge in [-0.1, -0.05) is 52.4 Å². The quantitative estimate of drug-likeness (QED) is 0.438. The van der Waals surface area contributed by atoms with Crippen LogP contribution in [0.15, 0.2) is 18.2 Å². The summed E-state index contributed by atoms with van der Waals surface area (Å²) in [6, 6.07) is 7.37. The van der Waals surface area contributed by atoms with Crippen LogP contribution in [0.2, 0.25) is 0 Å². The maximum atomic E-state index is 13.3. The first-order valence-electron chi connectivity index (χ1n) is 16.1. The van der Waals surface area contributed by atoms with Crippen LogP contribution in [0.3, 0.4) is 0 Å². The lowest BCUT2D eigenvalue weighted by Gasteiger charge is -2.40. The lowest BCUT2D eigenvalue weighted by molar-refractivity contribution is -0.116. The molecule has 1 unspecified atom stereocenters. The zero-order chi connectivity index (χ0) is 27.6. The number of carbonyl (C=O) groups is 2. The van der Waals surface area contributed by atoms with E-state index in [0.29, 0.717) is 17.5 Å². The van der Waals surface area contributed by atoms with Crippen LogP contribution in [-0.4, -0.2) is 66.4 Å². The molecule has 4 rings (SSSR count). The van der Waals surface area contributed by atoms with E-state index in [9.17, 15) is 9.59 Å². The summed E-state index contributed by atoms with van der Waals surface area (Å²) >= 11 is 0. The van der Waals surface area contributed by atoms with Crippen LogP contribution in [-0.2, 0) is 11.3 Å². The van der Waals surface area contributed by atoms with Gasteiger partial charge in [0.25, 0.3) is 5.91 Å². The van der Waals surface area contributed by atoms with E-state index in [0.717, 1.165) is 69.3 Å². The largest absolute Gasteiger partial charge is 0.352 e. The van der Waals surface area contributed by atoms with Crippen molar-refractivity contribution < 1.29 is 9.59 Å². The molecular weight excluding hydrogens is 484 g/mol. The van der Waals surface area contributed by atoms with E-state index in [4.69, 9.17) is 0 Å². The predicted molar refractivity (Wildman–Crippen MR) is 161 cm³/mol. The van der Waals surface area contributed by atoms with Crippen molar-refractivity contribution in [3.05, 3.63) is 29.3 Å². The van der Waals surface area contributed by atoms with E-state index in [2.05, 4.69) is 35.0 Å². The number of nitrogens with zero attached hydrogens (tertiary/aromatic N) is 3. The maximum Gasteiger partial charge on any atom is 0.251 e. The van der Waals surface area contributed by atoms with Gasteiger partial charge in [-0.15, -0.1) is 0 Å². The average Bonchev–Trinajstić information content (AvgIpc) is 3.44.